The Morgan fingerprint density at radius 3 is 1.59 bits per heavy atom. The van der Waals surface area contributed by atoms with Crippen LogP contribution in [0.3, 0.4) is 0 Å². The van der Waals surface area contributed by atoms with Crippen LogP contribution in [-0.2, 0) is 0 Å². The van der Waals surface area contributed by atoms with Gasteiger partial charge in [0.2, 0.25) is 5.82 Å². The van der Waals surface area contributed by atoms with Gasteiger partial charge in [-0.1, -0.05) is 17.7 Å². The van der Waals surface area contributed by atoms with Crippen LogP contribution < -0.4 is 5.30 Å². The van der Waals surface area contributed by atoms with Crippen LogP contribution in [0, 0.1) is 49.9 Å². The van der Waals surface area contributed by atoms with Crippen molar-refractivity contribution < 1.29 is 22.0 Å². The van der Waals surface area contributed by atoms with Crippen LogP contribution >= 0.6 is 8.37 Å². The molecule has 0 atom stereocenters. The molecule has 2 aromatic rings. The van der Waals surface area contributed by atoms with E-state index in [1.807, 2.05) is 19.1 Å². The highest BCUT2D eigenvalue weighted by atomic mass is 31.1. The van der Waals surface area contributed by atoms with Crippen molar-refractivity contribution in [2.24, 2.45) is 4.74 Å². The van der Waals surface area contributed by atoms with Crippen molar-refractivity contribution in [3.05, 3.63) is 57.9 Å². The monoisotopic (exact) mass is 331 g/mol. The molecule has 116 valence electrons. The third-order valence-corrected chi connectivity index (χ3v) is 3.96. The lowest BCUT2D eigenvalue weighted by molar-refractivity contribution is 0.384. The molecule has 0 aliphatic rings. The molecule has 0 unspecified atom stereocenters. The predicted octanol–water partition coefficient (Wildman–Crippen LogP) is 5.39. The van der Waals surface area contributed by atoms with Gasteiger partial charge < -0.3 is 0 Å². The first-order valence-corrected chi connectivity index (χ1v) is 7.09. The second-order valence-electron chi connectivity index (χ2n) is 4.87. The number of benzene rings is 2. The van der Waals surface area contributed by atoms with Gasteiger partial charge in [0.25, 0.3) is 0 Å². The van der Waals surface area contributed by atoms with Crippen molar-refractivity contribution in [1.82, 2.24) is 0 Å². The van der Waals surface area contributed by atoms with Crippen molar-refractivity contribution in [2.45, 2.75) is 20.8 Å². The van der Waals surface area contributed by atoms with Crippen molar-refractivity contribution >= 4 is 19.4 Å². The predicted molar refractivity (Wildman–Crippen MR) is 75.5 cm³/mol. The van der Waals surface area contributed by atoms with E-state index in [1.54, 1.807) is 13.8 Å². The van der Waals surface area contributed by atoms with Gasteiger partial charge in [-0.25, -0.2) is 26.7 Å². The fourth-order valence-electron chi connectivity index (χ4n) is 2.11. The second kappa shape index (κ2) is 6.13. The van der Waals surface area contributed by atoms with Crippen LogP contribution in [0.5, 0.6) is 0 Å². The number of rotatable bonds is 2. The second-order valence-corrected chi connectivity index (χ2v) is 5.71. The van der Waals surface area contributed by atoms with E-state index in [0.717, 1.165) is 16.7 Å². The summed E-state index contributed by atoms with van der Waals surface area (Å²) in [7, 11) is -0.344. The van der Waals surface area contributed by atoms with E-state index in [4.69, 9.17) is 0 Å². The molecule has 0 aliphatic heterocycles. The summed E-state index contributed by atoms with van der Waals surface area (Å²) in [6.07, 6.45) is 0. The van der Waals surface area contributed by atoms with E-state index in [9.17, 15) is 22.0 Å². The zero-order valence-corrected chi connectivity index (χ0v) is 12.8. The summed E-state index contributed by atoms with van der Waals surface area (Å²) >= 11 is 0. The SMILES string of the molecule is Cc1cc(C)c(N=Pc2c(F)c(F)c(F)c(F)c2F)c(C)c1. The Labute approximate surface area is 125 Å². The lowest BCUT2D eigenvalue weighted by Gasteiger charge is -2.07. The van der Waals surface area contributed by atoms with E-state index in [-0.39, 0.29) is 8.37 Å². The molecule has 1 nitrogen and oxygen atoms in total. The number of hydrogen-bond acceptors (Lipinski definition) is 1. The topological polar surface area (TPSA) is 12.4 Å². The molecule has 22 heavy (non-hydrogen) atoms. The summed E-state index contributed by atoms with van der Waals surface area (Å²) in [5.74, 6) is -9.81. The maximum absolute atomic E-state index is 13.6. The van der Waals surface area contributed by atoms with E-state index < -0.39 is 34.4 Å². The van der Waals surface area contributed by atoms with Gasteiger partial charge in [0, 0.05) is 0 Å². The summed E-state index contributed by atoms with van der Waals surface area (Å²) in [5, 5.41) is -0.962. The van der Waals surface area contributed by atoms with E-state index in [0.29, 0.717) is 5.69 Å². The molecule has 2 rings (SSSR count). The van der Waals surface area contributed by atoms with Gasteiger partial charge in [0.1, 0.15) is 0 Å². The van der Waals surface area contributed by atoms with Gasteiger partial charge in [-0.05, 0) is 31.9 Å². The van der Waals surface area contributed by atoms with Gasteiger partial charge in [0.05, 0.1) is 19.4 Å². The first-order chi connectivity index (χ1) is 10.2. The van der Waals surface area contributed by atoms with Crippen LogP contribution in [0.15, 0.2) is 16.9 Å². The smallest absolute Gasteiger partial charge is 0.200 e. The number of aryl methyl sites for hydroxylation is 3. The summed E-state index contributed by atoms with van der Waals surface area (Å²) in [4.78, 5) is 0. The van der Waals surface area contributed by atoms with E-state index in [1.165, 1.54) is 0 Å². The lowest BCUT2D eigenvalue weighted by atomic mass is 10.1. The molecule has 0 spiro atoms. The van der Waals surface area contributed by atoms with Crippen molar-refractivity contribution in [2.75, 3.05) is 0 Å². The molecule has 0 heterocycles. The molecule has 0 N–H and O–H groups in total. The Bertz CT molecular complexity index is 734. The highest BCUT2D eigenvalue weighted by Crippen LogP contribution is 2.29. The molecule has 0 aliphatic carbocycles. The molecule has 0 aromatic heterocycles. The zero-order chi connectivity index (χ0) is 16.6. The Morgan fingerprint density at radius 2 is 1.14 bits per heavy atom. The van der Waals surface area contributed by atoms with Crippen LogP contribution in [-0.4, -0.2) is 0 Å². The van der Waals surface area contributed by atoms with Gasteiger partial charge in [-0.3, -0.25) is 0 Å². The van der Waals surface area contributed by atoms with Crippen LogP contribution in [0.25, 0.3) is 0 Å². The van der Waals surface area contributed by atoms with Gasteiger partial charge in [-0.2, -0.15) is 0 Å². The third-order valence-electron chi connectivity index (χ3n) is 3.07. The molecular formula is C15H11F5NP. The van der Waals surface area contributed by atoms with Crippen molar-refractivity contribution in [3.8, 4) is 0 Å². The lowest BCUT2D eigenvalue weighted by Crippen LogP contribution is -2.14. The number of hydrogen-bond donors (Lipinski definition) is 0. The molecule has 0 fully saturated rings. The van der Waals surface area contributed by atoms with Gasteiger partial charge in [0.15, 0.2) is 23.3 Å². The number of halogens is 5. The Balaban J connectivity index is 2.57. The van der Waals surface area contributed by atoms with Crippen molar-refractivity contribution in [1.29, 1.82) is 0 Å². The molecule has 7 heteroatoms. The van der Waals surface area contributed by atoms with Crippen LogP contribution in [0.1, 0.15) is 16.7 Å². The molecule has 2 aromatic carbocycles. The standard InChI is InChI=1S/C15H11F5NP/c1-6-4-7(2)14(8(3)5-6)21-22-15-12(19)10(17)9(16)11(18)13(15)20/h4-5H,1-3H3. The normalized spacial score (nSPS) is 11.5. The largest absolute Gasteiger partial charge is 0.227 e. The number of nitrogens with zero attached hydrogens (tertiary/aromatic N) is 1. The average Bonchev–Trinajstić information content (AvgIpc) is 2.45. The van der Waals surface area contributed by atoms with Crippen LogP contribution in [0.4, 0.5) is 27.6 Å². The average molecular weight is 331 g/mol. The van der Waals surface area contributed by atoms with Crippen LogP contribution in [0.2, 0.25) is 0 Å². The van der Waals surface area contributed by atoms with Gasteiger partial charge in [-0.15, -0.1) is 0 Å². The molecule has 0 saturated carbocycles. The minimum atomic E-state index is -2.17. The summed E-state index contributed by atoms with van der Waals surface area (Å²) in [5.41, 5.74) is 2.97. The Hall–Kier alpha value is -1.81. The maximum Gasteiger partial charge on any atom is 0.200 e. The Morgan fingerprint density at radius 1 is 0.727 bits per heavy atom. The third kappa shape index (κ3) is 2.88. The first kappa shape index (κ1) is 16.6. The Kier molecular flexibility index (Phi) is 4.61. The fraction of sp³-hybridized carbons (Fsp3) is 0.200. The molecule has 0 bridgehead atoms. The zero-order valence-electron chi connectivity index (χ0n) is 11.9. The minimum absolute atomic E-state index is 0.344. The quantitative estimate of drug-likeness (QED) is 0.303. The maximum atomic E-state index is 13.6. The molecule has 0 radical (unpaired) electrons. The van der Waals surface area contributed by atoms with E-state index in [2.05, 4.69) is 4.74 Å². The molecular weight excluding hydrogens is 320 g/mol. The fourth-order valence-corrected chi connectivity index (χ4v) is 3.00. The highest BCUT2D eigenvalue weighted by Gasteiger charge is 2.25. The summed E-state index contributed by atoms with van der Waals surface area (Å²) < 4.78 is 70.4. The minimum Gasteiger partial charge on any atom is -0.227 e. The summed E-state index contributed by atoms with van der Waals surface area (Å²) in [6.45, 7) is 5.39. The highest BCUT2D eigenvalue weighted by molar-refractivity contribution is 7.37. The van der Waals surface area contributed by atoms with Crippen molar-refractivity contribution in [3.63, 3.8) is 0 Å². The van der Waals surface area contributed by atoms with Gasteiger partial charge >= 0.3 is 0 Å². The summed E-state index contributed by atoms with van der Waals surface area (Å²) in [6, 6.07) is 3.64. The van der Waals surface area contributed by atoms with E-state index >= 15 is 0 Å². The molecule has 0 saturated heterocycles. The first-order valence-electron chi connectivity index (χ1n) is 6.25. The molecule has 0 amide bonds.